The van der Waals surface area contributed by atoms with Crippen molar-refractivity contribution in [2.45, 2.75) is 41.0 Å². The summed E-state index contributed by atoms with van der Waals surface area (Å²) in [5.74, 6) is 0. The molecule has 2 aromatic rings. The Bertz CT molecular complexity index is 1000. The fourth-order valence-corrected chi connectivity index (χ4v) is 4.33. The van der Waals surface area contributed by atoms with E-state index in [9.17, 15) is 0 Å². The molecule has 0 atom stereocenters. The van der Waals surface area contributed by atoms with Crippen molar-refractivity contribution in [3.8, 4) is 0 Å². The number of allylic oxidation sites excluding steroid dienone is 5. The average Bonchev–Trinajstić information content (AvgIpc) is 2.82. The minimum atomic E-state index is 0.582. The first-order valence-electron chi connectivity index (χ1n) is 11.9. The van der Waals surface area contributed by atoms with Crippen LogP contribution in [0, 0.1) is 5.41 Å². The van der Waals surface area contributed by atoms with Gasteiger partial charge in [-0.2, -0.15) is 0 Å². The standard InChI is InChI=1S/C29H37N3/c1-6-20-32(9-4)27-17-12-24(13-18-27)29(25-14-19-28(30)22(5)21-25)23-10-15-26(16-11-23)31(7-2)8-3/h10-19,21,30H,6-9,20H2,1-5H3/b29-25-,30-28?. The van der Waals surface area contributed by atoms with E-state index in [1.54, 1.807) is 0 Å². The van der Waals surface area contributed by atoms with Crippen molar-refractivity contribution in [2.75, 3.05) is 36.0 Å². The van der Waals surface area contributed by atoms with E-state index < -0.39 is 0 Å². The maximum absolute atomic E-state index is 8.10. The third-order valence-corrected chi connectivity index (χ3v) is 6.20. The van der Waals surface area contributed by atoms with E-state index in [2.05, 4.69) is 98.2 Å². The molecule has 0 amide bonds. The lowest BCUT2D eigenvalue weighted by molar-refractivity contribution is 0.792. The van der Waals surface area contributed by atoms with Gasteiger partial charge in [-0.05, 0) is 98.4 Å². The largest absolute Gasteiger partial charge is 0.372 e. The van der Waals surface area contributed by atoms with Crippen LogP contribution in [0.3, 0.4) is 0 Å². The second kappa shape index (κ2) is 11.0. The fourth-order valence-electron chi connectivity index (χ4n) is 4.33. The quantitative estimate of drug-likeness (QED) is 0.462. The first-order valence-corrected chi connectivity index (χ1v) is 11.9. The number of nitrogens with one attached hydrogen (secondary N) is 1. The van der Waals surface area contributed by atoms with Gasteiger partial charge < -0.3 is 15.2 Å². The van der Waals surface area contributed by atoms with Crippen LogP contribution in [0.15, 0.2) is 77.9 Å². The van der Waals surface area contributed by atoms with E-state index in [0.29, 0.717) is 5.71 Å². The van der Waals surface area contributed by atoms with Crippen LogP contribution in [0.2, 0.25) is 0 Å². The molecule has 0 heterocycles. The number of hydrogen-bond acceptors (Lipinski definition) is 3. The SMILES string of the molecule is CCCN(CC)c1ccc(/C(=C2/C=CC(=N)C(C)=C2)c2ccc(N(CC)CC)cc2)cc1. The lowest BCUT2D eigenvalue weighted by Gasteiger charge is -2.24. The maximum atomic E-state index is 8.10. The highest BCUT2D eigenvalue weighted by Crippen LogP contribution is 2.33. The monoisotopic (exact) mass is 427 g/mol. The van der Waals surface area contributed by atoms with Crippen molar-refractivity contribution < 1.29 is 0 Å². The zero-order valence-electron chi connectivity index (χ0n) is 20.3. The number of nitrogens with zero attached hydrogens (tertiary/aromatic N) is 2. The molecule has 3 heteroatoms. The van der Waals surface area contributed by atoms with Crippen LogP contribution in [0.25, 0.3) is 5.57 Å². The summed E-state index contributed by atoms with van der Waals surface area (Å²) in [5.41, 5.74) is 8.87. The Morgan fingerprint density at radius 2 is 1.22 bits per heavy atom. The number of rotatable bonds is 9. The number of anilines is 2. The van der Waals surface area contributed by atoms with Crippen molar-refractivity contribution in [1.29, 1.82) is 5.41 Å². The fraction of sp³-hybridized carbons (Fsp3) is 0.345. The first kappa shape index (κ1) is 23.6. The van der Waals surface area contributed by atoms with Crippen molar-refractivity contribution >= 4 is 22.7 Å². The van der Waals surface area contributed by atoms with Crippen molar-refractivity contribution in [3.05, 3.63) is 89.0 Å². The first-order chi connectivity index (χ1) is 15.5. The molecule has 2 aromatic carbocycles. The Labute approximate surface area is 194 Å². The lowest BCUT2D eigenvalue weighted by Crippen LogP contribution is -2.23. The lowest BCUT2D eigenvalue weighted by atomic mass is 9.89. The van der Waals surface area contributed by atoms with Gasteiger partial charge >= 0.3 is 0 Å². The second-order valence-electron chi connectivity index (χ2n) is 8.25. The summed E-state index contributed by atoms with van der Waals surface area (Å²) < 4.78 is 0. The molecule has 0 aliphatic heterocycles. The Hall–Kier alpha value is -3.07. The van der Waals surface area contributed by atoms with Gasteiger partial charge in [-0.25, -0.2) is 0 Å². The van der Waals surface area contributed by atoms with Gasteiger partial charge in [-0.3, -0.25) is 0 Å². The Kier molecular flexibility index (Phi) is 8.10. The van der Waals surface area contributed by atoms with Crippen LogP contribution in [0.1, 0.15) is 52.2 Å². The van der Waals surface area contributed by atoms with Crippen molar-refractivity contribution in [1.82, 2.24) is 0 Å². The summed E-state index contributed by atoms with van der Waals surface area (Å²) in [4.78, 5) is 4.78. The van der Waals surface area contributed by atoms with E-state index in [1.807, 2.05) is 13.0 Å². The molecule has 3 nitrogen and oxygen atoms in total. The van der Waals surface area contributed by atoms with Crippen LogP contribution < -0.4 is 9.80 Å². The smallest absolute Gasteiger partial charge is 0.0569 e. The minimum Gasteiger partial charge on any atom is -0.372 e. The molecule has 0 saturated carbocycles. The molecule has 0 spiro atoms. The van der Waals surface area contributed by atoms with E-state index in [4.69, 9.17) is 5.41 Å². The summed E-state index contributed by atoms with van der Waals surface area (Å²) in [6.07, 6.45) is 7.26. The summed E-state index contributed by atoms with van der Waals surface area (Å²) >= 11 is 0. The zero-order valence-corrected chi connectivity index (χ0v) is 20.3. The molecule has 1 aliphatic carbocycles. The molecule has 3 rings (SSSR count). The molecule has 32 heavy (non-hydrogen) atoms. The molecule has 1 aliphatic rings. The predicted octanol–water partition coefficient (Wildman–Crippen LogP) is 7.11. The molecule has 1 N–H and O–H groups in total. The predicted molar refractivity (Wildman–Crippen MR) is 141 cm³/mol. The molecular formula is C29H37N3. The number of benzene rings is 2. The van der Waals surface area contributed by atoms with Gasteiger partial charge in [0.1, 0.15) is 0 Å². The van der Waals surface area contributed by atoms with E-state index in [-0.39, 0.29) is 0 Å². The van der Waals surface area contributed by atoms with Gasteiger partial charge in [0.05, 0.1) is 5.71 Å². The van der Waals surface area contributed by atoms with Gasteiger partial charge in [0, 0.05) is 37.6 Å². The van der Waals surface area contributed by atoms with E-state index in [0.717, 1.165) is 43.7 Å². The highest BCUT2D eigenvalue weighted by molar-refractivity contribution is 6.08. The van der Waals surface area contributed by atoms with Crippen LogP contribution >= 0.6 is 0 Å². The zero-order chi connectivity index (χ0) is 23.1. The molecule has 0 unspecified atom stereocenters. The molecule has 0 bridgehead atoms. The highest BCUT2D eigenvalue weighted by atomic mass is 15.1. The Balaban J connectivity index is 2.07. The van der Waals surface area contributed by atoms with Crippen molar-refractivity contribution in [3.63, 3.8) is 0 Å². The summed E-state index contributed by atoms with van der Waals surface area (Å²) in [6.45, 7) is 14.9. The van der Waals surface area contributed by atoms with E-state index >= 15 is 0 Å². The molecule has 168 valence electrons. The van der Waals surface area contributed by atoms with Gasteiger partial charge in [-0.1, -0.05) is 37.3 Å². The molecule has 0 saturated heterocycles. The molecule has 0 radical (unpaired) electrons. The third-order valence-electron chi connectivity index (χ3n) is 6.20. The normalized spacial score (nSPS) is 14.9. The minimum absolute atomic E-state index is 0.582. The highest BCUT2D eigenvalue weighted by Gasteiger charge is 2.14. The molecule has 0 fully saturated rings. The summed E-state index contributed by atoms with van der Waals surface area (Å²) in [6, 6.07) is 17.9. The van der Waals surface area contributed by atoms with Crippen LogP contribution in [-0.2, 0) is 0 Å². The van der Waals surface area contributed by atoms with Crippen LogP contribution in [-0.4, -0.2) is 31.9 Å². The molecular weight excluding hydrogens is 390 g/mol. The Morgan fingerprint density at radius 1 is 0.719 bits per heavy atom. The van der Waals surface area contributed by atoms with Gasteiger partial charge in [0.15, 0.2) is 0 Å². The van der Waals surface area contributed by atoms with Gasteiger partial charge in [0.25, 0.3) is 0 Å². The second-order valence-corrected chi connectivity index (χ2v) is 8.25. The Morgan fingerprint density at radius 3 is 1.66 bits per heavy atom. The maximum Gasteiger partial charge on any atom is 0.0569 e. The summed E-state index contributed by atoms with van der Waals surface area (Å²) in [5, 5.41) is 8.10. The average molecular weight is 428 g/mol. The topological polar surface area (TPSA) is 30.3 Å². The van der Waals surface area contributed by atoms with Crippen LogP contribution in [0.5, 0.6) is 0 Å². The van der Waals surface area contributed by atoms with E-state index in [1.165, 1.54) is 28.1 Å². The van der Waals surface area contributed by atoms with Crippen molar-refractivity contribution in [2.24, 2.45) is 0 Å². The van der Waals surface area contributed by atoms with Crippen LogP contribution in [0.4, 0.5) is 11.4 Å². The number of hydrogen-bond donors (Lipinski definition) is 1. The summed E-state index contributed by atoms with van der Waals surface area (Å²) in [7, 11) is 0. The third kappa shape index (κ3) is 5.21. The van der Waals surface area contributed by atoms with Gasteiger partial charge in [0.2, 0.25) is 0 Å². The van der Waals surface area contributed by atoms with Gasteiger partial charge in [-0.15, -0.1) is 0 Å². The molecule has 0 aromatic heterocycles.